The van der Waals surface area contributed by atoms with E-state index in [0.29, 0.717) is 12.5 Å². The molecule has 0 heterocycles. The van der Waals surface area contributed by atoms with Gasteiger partial charge >= 0.3 is 5.97 Å². The fourth-order valence-electron chi connectivity index (χ4n) is 1.93. The largest absolute Gasteiger partial charge is 0.465 e. The molecule has 0 aromatic heterocycles. The molecule has 1 N–H and O–H groups in total. The molecule has 1 atom stereocenters. The number of rotatable bonds is 6. The van der Waals surface area contributed by atoms with Crippen molar-refractivity contribution in [2.75, 3.05) is 6.61 Å². The summed E-state index contributed by atoms with van der Waals surface area (Å²) >= 11 is 0. The maximum absolute atomic E-state index is 11.8. The molecule has 17 heavy (non-hydrogen) atoms. The van der Waals surface area contributed by atoms with E-state index in [1.165, 1.54) is 5.56 Å². The normalized spacial score (nSPS) is 16.5. The first-order chi connectivity index (χ1) is 8.31. The van der Waals surface area contributed by atoms with Crippen molar-refractivity contribution in [1.29, 1.82) is 0 Å². The van der Waals surface area contributed by atoms with Crippen molar-refractivity contribution in [3.63, 3.8) is 0 Å². The lowest BCUT2D eigenvalue weighted by molar-refractivity contribution is -0.146. The molecule has 1 unspecified atom stereocenters. The molecule has 0 saturated heterocycles. The minimum Gasteiger partial charge on any atom is -0.465 e. The average molecular weight is 233 g/mol. The monoisotopic (exact) mass is 233 g/mol. The van der Waals surface area contributed by atoms with Crippen molar-refractivity contribution in [2.45, 2.75) is 32.4 Å². The van der Waals surface area contributed by atoms with Gasteiger partial charge in [-0.15, -0.1) is 0 Å². The van der Waals surface area contributed by atoms with Crippen molar-refractivity contribution in [3.05, 3.63) is 35.9 Å². The van der Waals surface area contributed by atoms with Gasteiger partial charge < -0.3 is 10.1 Å². The molecule has 1 aromatic rings. The van der Waals surface area contributed by atoms with Gasteiger partial charge in [-0.05, 0) is 31.2 Å². The van der Waals surface area contributed by atoms with E-state index < -0.39 is 0 Å². The number of hydrogen-bond donors (Lipinski definition) is 1. The van der Waals surface area contributed by atoms with E-state index in [9.17, 15) is 4.79 Å². The highest BCUT2D eigenvalue weighted by molar-refractivity contribution is 5.76. The summed E-state index contributed by atoms with van der Waals surface area (Å²) in [5, 5.41) is 3.31. The van der Waals surface area contributed by atoms with E-state index in [1.54, 1.807) is 0 Å². The molecule has 2 rings (SSSR count). The summed E-state index contributed by atoms with van der Waals surface area (Å²) in [6.07, 6.45) is 2.26. The summed E-state index contributed by atoms with van der Waals surface area (Å²) in [5.41, 5.74) is 1.20. The van der Waals surface area contributed by atoms with Crippen LogP contribution in [0.5, 0.6) is 0 Å². The predicted octanol–water partition coefficient (Wildman–Crippen LogP) is 2.12. The first-order valence-corrected chi connectivity index (χ1v) is 6.25. The lowest BCUT2D eigenvalue weighted by Crippen LogP contribution is -2.39. The van der Waals surface area contributed by atoms with Crippen LogP contribution in [0, 0.1) is 5.92 Å². The Hall–Kier alpha value is -1.35. The second kappa shape index (κ2) is 5.82. The lowest BCUT2D eigenvalue weighted by Gasteiger charge is -2.16. The van der Waals surface area contributed by atoms with Crippen LogP contribution in [0.15, 0.2) is 30.3 Å². The van der Waals surface area contributed by atoms with Crippen LogP contribution in [0.2, 0.25) is 0 Å². The van der Waals surface area contributed by atoms with Gasteiger partial charge in [0.2, 0.25) is 0 Å². The van der Waals surface area contributed by atoms with Gasteiger partial charge in [0, 0.05) is 6.54 Å². The molecule has 3 nitrogen and oxygen atoms in total. The highest BCUT2D eigenvalue weighted by Crippen LogP contribution is 2.33. The molecule has 1 fully saturated rings. The summed E-state index contributed by atoms with van der Waals surface area (Å²) in [5.74, 6) is 0.365. The third-order valence-corrected chi connectivity index (χ3v) is 3.00. The zero-order valence-corrected chi connectivity index (χ0v) is 10.2. The number of carbonyl (C=O) groups is 1. The molecule has 92 valence electrons. The van der Waals surface area contributed by atoms with Gasteiger partial charge in [-0.1, -0.05) is 30.3 Å². The highest BCUT2D eigenvalue weighted by atomic mass is 16.5. The van der Waals surface area contributed by atoms with Gasteiger partial charge in [0.15, 0.2) is 0 Å². The Balaban J connectivity index is 1.88. The quantitative estimate of drug-likeness (QED) is 0.765. The molecule has 3 heteroatoms. The maximum atomic E-state index is 11.8. The topological polar surface area (TPSA) is 38.3 Å². The minimum absolute atomic E-state index is 0.106. The van der Waals surface area contributed by atoms with Crippen molar-refractivity contribution in [1.82, 2.24) is 5.32 Å². The van der Waals surface area contributed by atoms with Crippen LogP contribution < -0.4 is 5.32 Å². The van der Waals surface area contributed by atoms with Gasteiger partial charge in [-0.2, -0.15) is 0 Å². The zero-order chi connectivity index (χ0) is 12.1. The molecule has 0 aliphatic heterocycles. The van der Waals surface area contributed by atoms with Crippen LogP contribution in [0.4, 0.5) is 0 Å². The standard InChI is InChI=1S/C14H19NO2/c1-2-17-14(16)13(12-8-9-12)15-10-11-6-4-3-5-7-11/h3-7,12-13,15H,2,8-10H2,1H3. The highest BCUT2D eigenvalue weighted by Gasteiger charge is 2.36. The van der Waals surface area contributed by atoms with E-state index in [0.717, 1.165) is 19.4 Å². The molecule has 0 bridgehead atoms. The third kappa shape index (κ3) is 3.56. The molecule has 0 spiro atoms. The smallest absolute Gasteiger partial charge is 0.323 e. The Morgan fingerprint density at radius 1 is 1.41 bits per heavy atom. The minimum atomic E-state index is -0.129. The Labute approximate surface area is 102 Å². The maximum Gasteiger partial charge on any atom is 0.323 e. The molecule has 1 aliphatic rings. The van der Waals surface area contributed by atoms with Crippen molar-refractivity contribution < 1.29 is 9.53 Å². The van der Waals surface area contributed by atoms with E-state index in [1.807, 2.05) is 25.1 Å². The first kappa shape index (κ1) is 12.1. The van der Waals surface area contributed by atoms with Gasteiger partial charge in [0.25, 0.3) is 0 Å². The number of benzene rings is 1. The Bertz CT molecular complexity index is 360. The summed E-state index contributed by atoms with van der Waals surface area (Å²) in [7, 11) is 0. The molecule has 1 saturated carbocycles. The second-order valence-corrected chi connectivity index (χ2v) is 4.43. The predicted molar refractivity (Wildman–Crippen MR) is 66.4 cm³/mol. The molecular formula is C14H19NO2. The summed E-state index contributed by atoms with van der Waals surface area (Å²) < 4.78 is 5.09. The molecule has 0 radical (unpaired) electrons. The van der Waals surface area contributed by atoms with E-state index in [-0.39, 0.29) is 12.0 Å². The van der Waals surface area contributed by atoms with Crippen molar-refractivity contribution >= 4 is 5.97 Å². The van der Waals surface area contributed by atoms with E-state index in [2.05, 4.69) is 17.4 Å². The number of carbonyl (C=O) groups excluding carboxylic acids is 1. The molecule has 0 amide bonds. The lowest BCUT2D eigenvalue weighted by atomic mass is 10.1. The Morgan fingerprint density at radius 3 is 2.71 bits per heavy atom. The summed E-state index contributed by atoms with van der Waals surface area (Å²) in [6.45, 7) is 3.02. The van der Waals surface area contributed by atoms with Gasteiger partial charge in [0.05, 0.1) is 6.61 Å². The SMILES string of the molecule is CCOC(=O)C(NCc1ccccc1)C1CC1. The Morgan fingerprint density at radius 2 is 2.12 bits per heavy atom. The van der Waals surface area contributed by atoms with Crippen LogP contribution in [0.1, 0.15) is 25.3 Å². The summed E-state index contributed by atoms with van der Waals surface area (Å²) in [6, 6.07) is 9.99. The van der Waals surface area contributed by atoms with Crippen LogP contribution >= 0.6 is 0 Å². The van der Waals surface area contributed by atoms with Crippen LogP contribution in [-0.2, 0) is 16.1 Å². The van der Waals surface area contributed by atoms with Crippen LogP contribution in [0.25, 0.3) is 0 Å². The zero-order valence-electron chi connectivity index (χ0n) is 10.2. The van der Waals surface area contributed by atoms with Crippen molar-refractivity contribution in [3.8, 4) is 0 Å². The van der Waals surface area contributed by atoms with Gasteiger partial charge in [-0.3, -0.25) is 4.79 Å². The fraction of sp³-hybridized carbons (Fsp3) is 0.500. The van der Waals surface area contributed by atoms with Crippen molar-refractivity contribution in [2.24, 2.45) is 5.92 Å². The summed E-state index contributed by atoms with van der Waals surface area (Å²) in [4.78, 5) is 11.8. The first-order valence-electron chi connectivity index (χ1n) is 6.25. The Kier molecular flexibility index (Phi) is 4.15. The van der Waals surface area contributed by atoms with Crippen LogP contribution in [0.3, 0.4) is 0 Å². The number of nitrogens with one attached hydrogen (secondary N) is 1. The average Bonchev–Trinajstić information content (AvgIpc) is 3.15. The second-order valence-electron chi connectivity index (χ2n) is 4.43. The fourth-order valence-corrected chi connectivity index (χ4v) is 1.93. The molecular weight excluding hydrogens is 214 g/mol. The van der Waals surface area contributed by atoms with Crippen LogP contribution in [-0.4, -0.2) is 18.6 Å². The van der Waals surface area contributed by atoms with E-state index >= 15 is 0 Å². The number of hydrogen-bond acceptors (Lipinski definition) is 3. The molecule has 1 aliphatic carbocycles. The van der Waals surface area contributed by atoms with E-state index in [4.69, 9.17) is 4.74 Å². The third-order valence-electron chi connectivity index (χ3n) is 3.00. The number of esters is 1. The number of ether oxygens (including phenoxy) is 1. The molecule has 1 aromatic carbocycles. The van der Waals surface area contributed by atoms with Gasteiger partial charge in [-0.25, -0.2) is 0 Å². The van der Waals surface area contributed by atoms with Gasteiger partial charge in [0.1, 0.15) is 6.04 Å².